The van der Waals surface area contributed by atoms with Crippen LogP contribution >= 0.6 is 11.3 Å². The molecule has 0 radical (unpaired) electrons. The summed E-state index contributed by atoms with van der Waals surface area (Å²) in [4.78, 5) is 11.4. The van der Waals surface area contributed by atoms with Crippen molar-refractivity contribution in [2.45, 2.75) is 32.6 Å². The summed E-state index contributed by atoms with van der Waals surface area (Å²) in [7, 11) is 1.88. The third-order valence-electron chi connectivity index (χ3n) is 4.82. The van der Waals surface area contributed by atoms with Crippen LogP contribution in [0, 0.1) is 12.8 Å². The number of aromatic nitrogens is 1. The summed E-state index contributed by atoms with van der Waals surface area (Å²) in [5.74, 6) is 1.82. The second-order valence-corrected chi connectivity index (χ2v) is 7.76. The topological polar surface area (TPSA) is 40.5 Å². The van der Waals surface area contributed by atoms with Crippen molar-refractivity contribution in [3.8, 4) is 0 Å². The lowest BCUT2D eigenvalue weighted by atomic mass is 9.90. The van der Waals surface area contributed by atoms with Gasteiger partial charge in [-0.1, -0.05) is 30.3 Å². The molecule has 1 aliphatic heterocycles. The fourth-order valence-electron chi connectivity index (χ4n) is 3.45. The molecule has 5 heteroatoms. The molecular formula is C20H28N4S. The van der Waals surface area contributed by atoms with Crippen molar-refractivity contribution in [1.82, 2.24) is 15.2 Å². The largest absolute Gasteiger partial charge is 0.356 e. The average Bonchev–Trinajstić information content (AvgIpc) is 3.06. The zero-order valence-corrected chi connectivity index (χ0v) is 16.1. The van der Waals surface area contributed by atoms with E-state index in [1.165, 1.54) is 30.5 Å². The summed E-state index contributed by atoms with van der Waals surface area (Å²) in [6, 6.07) is 10.9. The van der Waals surface area contributed by atoms with Crippen LogP contribution in [0.1, 0.15) is 29.1 Å². The highest BCUT2D eigenvalue weighted by atomic mass is 32.1. The van der Waals surface area contributed by atoms with Crippen LogP contribution in [0.5, 0.6) is 0 Å². The molecule has 3 rings (SSSR count). The molecule has 2 heterocycles. The van der Waals surface area contributed by atoms with Gasteiger partial charge in [-0.05, 0) is 37.7 Å². The molecule has 1 N–H and O–H groups in total. The minimum Gasteiger partial charge on any atom is -0.356 e. The molecule has 1 aromatic heterocycles. The van der Waals surface area contributed by atoms with Crippen molar-refractivity contribution < 1.29 is 0 Å². The van der Waals surface area contributed by atoms with Gasteiger partial charge in [0.05, 0.1) is 10.7 Å². The second-order valence-electron chi connectivity index (χ2n) is 6.70. The summed E-state index contributed by atoms with van der Waals surface area (Å²) >= 11 is 1.72. The average molecular weight is 357 g/mol. The monoisotopic (exact) mass is 356 g/mol. The highest BCUT2D eigenvalue weighted by Crippen LogP contribution is 2.21. The third kappa shape index (κ3) is 5.30. The third-order valence-corrected chi connectivity index (χ3v) is 5.65. The van der Waals surface area contributed by atoms with Gasteiger partial charge in [0, 0.05) is 38.5 Å². The Balaban J connectivity index is 1.42. The molecule has 0 bridgehead atoms. The Bertz CT molecular complexity index is 672. The molecule has 1 fully saturated rings. The van der Waals surface area contributed by atoms with E-state index in [0.717, 1.165) is 42.9 Å². The number of aliphatic imine (C=N–C) groups is 1. The van der Waals surface area contributed by atoms with E-state index in [1.807, 2.05) is 7.05 Å². The fraction of sp³-hybridized carbons (Fsp3) is 0.500. The standard InChI is InChI=1S/C20H28N4S/c1-16-23-19(15-25-16)8-11-22-20(21-2)24-12-9-18(10-13-24)14-17-6-4-3-5-7-17/h3-7,15,18H,8-14H2,1-2H3,(H,21,22). The second kappa shape index (κ2) is 8.99. The lowest BCUT2D eigenvalue weighted by molar-refractivity contribution is 0.259. The quantitative estimate of drug-likeness (QED) is 0.658. The Morgan fingerprint density at radius 1 is 1.28 bits per heavy atom. The Morgan fingerprint density at radius 3 is 2.68 bits per heavy atom. The number of benzene rings is 1. The van der Waals surface area contributed by atoms with Gasteiger partial charge in [0.25, 0.3) is 0 Å². The summed E-state index contributed by atoms with van der Waals surface area (Å²) in [5.41, 5.74) is 2.63. The van der Waals surface area contributed by atoms with Crippen molar-refractivity contribution >= 4 is 17.3 Å². The lowest BCUT2D eigenvalue weighted by Crippen LogP contribution is -2.46. The predicted octanol–water partition coefficient (Wildman–Crippen LogP) is 3.52. The number of nitrogens with zero attached hydrogens (tertiary/aromatic N) is 3. The van der Waals surface area contributed by atoms with Crippen molar-refractivity contribution in [3.05, 3.63) is 52.0 Å². The maximum atomic E-state index is 4.52. The summed E-state index contributed by atoms with van der Waals surface area (Å²) in [6.07, 6.45) is 4.62. The normalized spacial score (nSPS) is 16.2. The smallest absolute Gasteiger partial charge is 0.193 e. The molecule has 0 amide bonds. The van der Waals surface area contributed by atoms with E-state index >= 15 is 0 Å². The molecule has 0 atom stereocenters. The first-order chi connectivity index (χ1) is 12.2. The van der Waals surface area contributed by atoms with Gasteiger partial charge in [0.1, 0.15) is 0 Å². The van der Waals surface area contributed by atoms with Crippen molar-refractivity contribution in [1.29, 1.82) is 0 Å². The van der Waals surface area contributed by atoms with Crippen LogP contribution in [0.3, 0.4) is 0 Å². The van der Waals surface area contributed by atoms with Crippen LogP contribution in [0.2, 0.25) is 0 Å². The van der Waals surface area contributed by atoms with E-state index in [2.05, 4.69) is 62.8 Å². The van der Waals surface area contributed by atoms with Crippen LogP contribution in [-0.4, -0.2) is 42.5 Å². The first-order valence-corrected chi connectivity index (χ1v) is 10.0. The Morgan fingerprint density at radius 2 is 2.04 bits per heavy atom. The molecule has 134 valence electrons. The molecule has 4 nitrogen and oxygen atoms in total. The number of likely N-dealkylation sites (tertiary alicyclic amines) is 1. The molecule has 0 spiro atoms. The van der Waals surface area contributed by atoms with Crippen molar-refractivity contribution in [2.24, 2.45) is 10.9 Å². The molecular weight excluding hydrogens is 328 g/mol. The first kappa shape index (κ1) is 17.9. The van der Waals surface area contributed by atoms with E-state index < -0.39 is 0 Å². The Labute approximate surface area is 155 Å². The van der Waals surface area contributed by atoms with Gasteiger partial charge >= 0.3 is 0 Å². The Kier molecular flexibility index (Phi) is 6.45. The fourth-order valence-corrected chi connectivity index (χ4v) is 4.10. The molecule has 0 unspecified atom stereocenters. The number of aryl methyl sites for hydroxylation is 1. The van der Waals surface area contributed by atoms with E-state index in [4.69, 9.17) is 0 Å². The Hall–Kier alpha value is -1.88. The minimum absolute atomic E-state index is 0.787. The van der Waals surface area contributed by atoms with E-state index in [-0.39, 0.29) is 0 Å². The van der Waals surface area contributed by atoms with Crippen molar-refractivity contribution in [3.63, 3.8) is 0 Å². The number of guanidine groups is 1. The number of thiazole rings is 1. The zero-order valence-electron chi connectivity index (χ0n) is 15.2. The highest BCUT2D eigenvalue weighted by molar-refractivity contribution is 7.09. The maximum absolute atomic E-state index is 4.52. The molecule has 1 saturated heterocycles. The molecule has 0 saturated carbocycles. The number of hydrogen-bond donors (Lipinski definition) is 1. The zero-order chi connectivity index (χ0) is 17.5. The molecule has 0 aliphatic carbocycles. The summed E-state index contributed by atoms with van der Waals surface area (Å²) < 4.78 is 0. The lowest BCUT2D eigenvalue weighted by Gasteiger charge is -2.34. The molecule has 1 aliphatic rings. The summed E-state index contributed by atoms with van der Waals surface area (Å²) in [5, 5.41) is 6.79. The van der Waals surface area contributed by atoms with Gasteiger partial charge in [-0.2, -0.15) is 0 Å². The van der Waals surface area contributed by atoms with Crippen LogP contribution in [0.15, 0.2) is 40.7 Å². The van der Waals surface area contributed by atoms with Gasteiger partial charge in [0.15, 0.2) is 5.96 Å². The van der Waals surface area contributed by atoms with Gasteiger partial charge in [-0.3, -0.25) is 4.99 Å². The van der Waals surface area contributed by atoms with Crippen LogP contribution < -0.4 is 5.32 Å². The van der Waals surface area contributed by atoms with Gasteiger partial charge in [0.2, 0.25) is 0 Å². The van der Waals surface area contributed by atoms with Crippen LogP contribution in [-0.2, 0) is 12.8 Å². The molecule has 25 heavy (non-hydrogen) atoms. The van der Waals surface area contributed by atoms with E-state index in [1.54, 1.807) is 11.3 Å². The summed E-state index contributed by atoms with van der Waals surface area (Å²) in [6.45, 7) is 5.12. The highest BCUT2D eigenvalue weighted by Gasteiger charge is 2.21. The maximum Gasteiger partial charge on any atom is 0.193 e. The predicted molar refractivity (Wildman–Crippen MR) is 106 cm³/mol. The number of nitrogens with one attached hydrogen (secondary N) is 1. The first-order valence-electron chi connectivity index (χ1n) is 9.15. The van der Waals surface area contributed by atoms with Crippen molar-refractivity contribution in [2.75, 3.05) is 26.7 Å². The molecule has 1 aromatic carbocycles. The van der Waals surface area contributed by atoms with E-state index in [9.17, 15) is 0 Å². The van der Waals surface area contributed by atoms with Gasteiger partial charge < -0.3 is 10.2 Å². The van der Waals surface area contributed by atoms with Crippen LogP contribution in [0.4, 0.5) is 0 Å². The van der Waals surface area contributed by atoms with Gasteiger partial charge in [-0.25, -0.2) is 4.98 Å². The molecule has 2 aromatic rings. The van der Waals surface area contributed by atoms with E-state index in [0.29, 0.717) is 0 Å². The SMILES string of the molecule is CN=C(NCCc1csc(C)n1)N1CCC(Cc2ccccc2)CC1. The van der Waals surface area contributed by atoms with Crippen LogP contribution in [0.25, 0.3) is 0 Å². The number of piperidine rings is 1. The number of hydrogen-bond acceptors (Lipinski definition) is 3. The van der Waals surface area contributed by atoms with Gasteiger partial charge in [-0.15, -0.1) is 11.3 Å². The number of rotatable bonds is 5. The minimum atomic E-state index is 0.787.